The zero-order valence-corrected chi connectivity index (χ0v) is 13.0. The fourth-order valence-corrected chi connectivity index (χ4v) is 2.60. The molecule has 2 aliphatic rings. The van der Waals surface area contributed by atoms with Crippen LogP contribution >= 0.6 is 0 Å². The molecule has 1 fully saturated rings. The summed E-state index contributed by atoms with van der Waals surface area (Å²) in [4.78, 5) is 27.8. The van der Waals surface area contributed by atoms with Gasteiger partial charge in [-0.3, -0.25) is 9.59 Å². The predicted octanol–water partition coefficient (Wildman–Crippen LogP) is 2.62. The van der Waals surface area contributed by atoms with Crippen LogP contribution in [0.15, 0.2) is 36.5 Å². The van der Waals surface area contributed by atoms with Gasteiger partial charge in [0, 0.05) is 23.6 Å². The molecule has 2 amide bonds. The van der Waals surface area contributed by atoms with Crippen LogP contribution in [0.3, 0.4) is 0 Å². The van der Waals surface area contributed by atoms with Crippen LogP contribution in [0, 0.1) is 5.92 Å². The molecule has 2 N–H and O–H groups in total. The monoisotopic (exact) mass is 323 g/mol. The number of anilines is 2. The molecule has 4 rings (SSSR count). The lowest BCUT2D eigenvalue weighted by atomic mass is 10.1. The molecule has 24 heavy (non-hydrogen) atoms. The lowest BCUT2D eigenvalue weighted by Crippen LogP contribution is -2.12. The molecule has 1 aromatic heterocycles. The van der Waals surface area contributed by atoms with Gasteiger partial charge in [-0.15, -0.1) is 0 Å². The van der Waals surface area contributed by atoms with Crippen molar-refractivity contribution in [2.24, 2.45) is 5.92 Å². The summed E-state index contributed by atoms with van der Waals surface area (Å²) in [5.74, 6) is 0.935. The number of hydrogen-bond donors (Lipinski definition) is 2. The number of nitrogens with zero attached hydrogens (tertiary/aromatic N) is 1. The van der Waals surface area contributed by atoms with Crippen LogP contribution in [-0.2, 0) is 11.2 Å². The minimum atomic E-state index is -0.242. The van der Waals surface area contributed by atoms with Gasteiger partial charge in [-0.2, -0.15) is 0 Å². The van der Waals surface area contributed by atoms with Crippen molar-refractivity contribution >= 4 is 23.2 Å². The van der Waals surface area contributed by atoms with E-state index in [0.717, 1.165) is 11.3 Å². The summed E-state index contributed by atoms with van der Waals surface area (Å²) in [6.07, 6.45) is 4.30. The van der Waals surface area contributed by atoms with Crippen molar-refractivity contribution in [3.63, 3.8) is 0 Å². The Bertz CT molecular complexity index is 798. The number of rotatable bonds is 5. The van der Waals surface area contributed by atoms with Gasteiger partial charge in [-0.1, -0.05) is 0 Å². The Labute approximate surface area is 139 Å². The summed E-state index contributed by atoms with van der Waals surface area (Å²) in [5, 5.41) is 5.59. The van der Waals surface area contributed by atoms with Gasteiger partial charge in [0.25, 0.3) is 5.91 Å². The summed E-state index contributed by atoms with van der Waals surface area (Å²) in [5.41, 5.74) is 2.81. The average molecular weight is 323 g/mol. The van der Waals surface area contributed by atoms with E-state index in [1.54, 1.807) is 24.3 Å². The van der Waals surface area contributed by atoms with Gasteiger partial charge in [0.1, 0.15) is 0 Å². The number of nitrogens with one attached hydrogen (secondary N) is 2. The SMILES string of the molecule is O=C1Cc2cc(NC(=O)c3ccc(OCC4CC4)nc3)ccc2N1. The highest BCUT2D eigenvalue weighted by atomic mass is 16.5. The summed E-state index contributed by atoms with van der Waals surface area (Å²) in [6.45, 7) is 0.695. The van der Waals surface area contributed by atoms with E-state index in [1.165, 1.54) is 19.0 Å². The standard InChI is InChI=1S/C18H17N3O3/c22-16-8-13-7-14(4-5-15(13)21-16)20-18(23)12-3-6-17(19-9-12)24-10-11-1-2-11/h3-7,9,11H,1-2,8,10H2,(H,20,23)(H,21,22). The fraction of sp³-hybridized carbons (Fsp3) is 0.278. The Kier molecular flexibility index (Phi) is 3.65. The number of fused-ring (bicyclic) bond motifs is 1. The molecular weight excluding hydrogens is 306 g/mol. The van der Waals surface area contributed by atoms with Crippen LogP contribution < -0.4 is 15.4 Å². The number of amides is 2. The van der Waals surface area contributed by atoms with Gasteiger partial charge in [-0.05, 0) is 48.6 Å². The highest BCUT2D eigenvalue weighted by molar-refractivity contribution is 6.05. The molecule has 0 spiro atoms. The summed E-state index contributed by atoms with van der Waals surface area (Å²) < 4.78 is 5.56. The smallest absolute Gasteiger partial charge is 0.257 e. The van der Waals surface area contributed by atoms with Crippen LogP contribution in [0.1, 0.15) is 28.8 Å². The van der Waals surface area contributed by atoms with Crippen LogP contribution in [0.5, 0.6) is 5.88 Å². The minimum Gasteiger partial charge on any atom is -0.477 e. The first-order valence-corrected chi connectivity index (χ1v) is 8.00. The lowest BCUT2D eigenvalue weighted by molar-refractivity contribution is -0.115. The predicted molar refractivity (Wildman–Crippen MR) is 89.2 cm³/mol. The Morgan fingerprint density at radius 1 is 1.29 bits per heavy atom. The number of aromatic nitrogens is 1. The van der Waals surface area contributed by atoms with E-state index < -0.39 is 0 Å². The number of carbonyl (C=O) groups is 2. The maximum Gasteiger partial charge on any atom is 0.257 e. The number of ether oxygens (including phenoxy) is 1. The molecule has 2 aromatic rings. The van der Waals surface area contributed by atoms with Gasteiger partial charge in [-0.25, -0.2) is 4.98 Å². The number of pyridine rings is 1. The maximum absolute atomic E-state index is 12.3. The van der Waals surface area contributed by atoms with Crippen molar-refractivity contribution in [2.75, 3.05) is 17.2 Å². The molecule has 122 valence electrons. The van der Waals surface area contributed by atoms with E-state index in [9.17, 15) is 9.59 Å². The topological polar surface area (TPSA) is 80.3 Å². The van der Waals surface area contributed by atoms with Crippen LogP contribution in [0.2, 0.25) is 0 Å². The number of hydrogen-bond acceptors (Lipinski definition) is 4. The Balaban J connectivity index is 1.40. The van der Waals surface area contributed by atoms with E-state index in [-0.39, 0.29) is 11.8 Å². The van der Waals surface area contributed by atoms with Crippen molar-refractivity contribution in [1.82, 2.24) is 4.98 Å². The summed E-state index contributed by atoms with van der Waals surface area (Å²) in [7, 11) is 0. The fourth-order valence-electron chi connectivity index (χ4n) is 2.60. The molecule has 2 heterocycles. The van der Waals surface area contributed by atoms with Crippen LogP contribution in [0.4, 0.5) is 11.4 Å². The van der Waals surface area contributed by atoms with Gasteiger partial charge in [0.15, 0.2) is 0 Å². The molecule has 0 saturated heterocycles. The van der Waals surface area contributed by atoms with E-state index in [4.69, 9.17) is 4.74 Å². The van der Waals surface area contributed by atoms with Crippen molar-refractivity contribution in [3.05, 3.63) is 47.7 Å². The first-order valence-electron chi connectivity index (χ1n) is 8.00. The Morgan fingerprint density at radius 3 is 2.92 bits per heavy atom. The quantitative estimate of drug-likeness (QED) is 0.886. The first kappa shape index (κ1) is 14.7. The third-order valence-corrected chi connectivity index (χ3v) is 4.15. The van der Waals surface area contributed by atoms with E-state index in [2.05, 4.69) is 15.6 Å². The largest absolute Gasteiger partial charge is 0.477 e. The molecule has 6 nitrogen and oxygen atoms in total. The van der Waals surface area contributed by atoms with Crippen LogP contribution in [-0.4, -0.2) is 23.4 Å². The van der Waals surface area contributed by atoms with Crippen molar-refractivity contribution in [3.8, 4) is 5.88 Å². The molecule has 0 radical (unpaired) electrons. The third kappa shape index (κ3) is 3.22. The average Bonchev–Trinajstić information content (AvgIpc) is 3.33. The lowest BCUT2D eigenvalue weighted by Gasteiger charge is -2.08. The van der Waals surface area contributed by atoms with Crippen molar-refractivity contribution < 1.29 is 14.3 Å². The molecule has 1 aliphatic carbocycles. The number of benzene rings is 1. The Hall–Kier alpha value is -2.89. The summed E-state index contributed by atoms with van der Waals surface area (Å²) >= 11 is 0. The molecule has 1 saturated carbocycles. The van der Waals surface area contributed by atoms with E-state index in [0.29, 0.717) is 36.1 Å². The highest BCUT2D eigenvalue weighted by Crippen LogP contribution is 2.29. The van der Waals surface area contributed by atoms with Crippen LogP contribution in [0.25, 0.3) is 0 Å². The molecule has 1 aromatic carbocycles. The maximum atomic E-state index is 12.3. The second-order valence-electron chi connectivity index (χ2n) is 6.19. The van der Waals surface area contributed by atoms with Crippen molar-refractivity contribution in [1.29, 1.82) is 0 Å². The minimum absolute atomic E-state index is 0.0283. The first-order chi connectivity index (χ1) is 11.7. The van der Waals surface area contributed by atoms with Gasteiger partial charge >= 0.3 is 0 Å². The second-order valence-corrected chi connectivity index (χ2v) is 6.19. The highest BCUT2D eigenvalue weighted by Gasteiger charge is 2.22. The molecular formula is C18H17N3O3. The molecule has 0 unspecified atom stereocenters. The molecule has 6 heteroatoms. The van der Waals surface area contributed by atoms with Gasteiger partial charge in [0.2, 0.25) is 11.8 Å². The zero-order valence-electron chi connectivity index (χ0n) is 13.0. The van der Waals surface area contributed by atoms with E-state index in [1.807, 2.05) is 6.07 Å². The van der Waals surface area contributed by atoms with Gasteiger partial charge < -0.3 is 15.4 Å². The third-order valence-electron chi connectivity index (χ3n) is 4.15. The molecule has 1 aliphatic heterocycles. The number of carbonyl (C=O) groups excluding carboxylic acids is 2. The normalized spacial score (nSPS) is 15.6. The zero-order chi connectivity index (χ0) is 16.5. The van der Waals surface area contributed by atoms with Gasteiger partial charge in [0.05, 0.1) is 18.6 Å². The van der Waals surface area contributed by atoms with Crippen molar-refractivity contribution in [2.45, 2.75) is 19.3 Å². The second kappa shape index (κ2) is 5.96. The Morgan fingerprint density at radius 2 is 2.17 bits per heavy atom. The molecule has 0 bridgehead atoms. The van der Waals surface area contributed by atoms with E-state index >= 15 is 0 Å². The summed E-state index contributed by atoms with van der Waals surface area (Å²) in [6, 6.07) is 8.78. The molecule has 0 atom stereocenters.